The molecule has 0 atom stereocenters. The van der Waals surface area contributed by atoms with Gasteiger partial charge in [0.25, 0.3) is 11.8 Å². The third-order valence-corrected chi connectivity index (χ3v) is 4.40. The van der Waals surface area contributed by atoms with Gasteiger partial charge < -0.3 is 9.47 Å². The number of nitrogens with one attached hydrogen (secondary N) is 2. The van der Waals surface area contributed by atoms with E-state index in [4.69, 9.17) is 9.47 Å². The van der Waals surface area contributed by atoms with E-state index in [9.17, 15) is 9.59 Å². The first kappa shape index (κ1) is 22.2. The van der Waals surface area contributed by atoms with E-state index in [0.717, 1.165) is 11.1 Å². The minimum Gasteiger partial charge on any atom is -0.496 e. The fourth-order valence-electron chi connectivity index (χ4n) is 2.80. The van der Waals surface area contributed by atoms with Gasteiger partial charge in [0, 0.05) is 22.3 Å². The minimum atomic E-state index is -0.455. The maximum absolute atomic E-state index is 12.4. The van der Waals surface area contributed by atoms with Crippen LogP contribution in [0.4, 0.5) is 0 Å². The first-order valence-electron chi connectivity index (χ1n) is 9.65. The van der Waals surface area contributed by atoms with Crippen LogP contribution in [0.2, 0.25) is 0 Å². The van der Waals surface area contributed by atoms with Crippen LogP contribution in [0.15, 0.2) is 83.0 Å². The highest BCUT2D eigenvalue weighted by atomic mass is 16.5. The monoisotopic (exact) mass is 430 g/mol. The van der Waals surface area contributed by atoms with Crippen molar-refractivity contribution in [1.29, 1.82) is 0 Å². The number of benzene rings is 3. The molecule has 0 bridgehead atoms. The molecule has 162 valence electrons. The van der Waals surface area contributed by atoms with Crippen molar-refractivity contribution in [2.24, 2.45) is 10.2 Å². The Bertz CT molecular complexity index is 1070. The lowest BCUT2D eigenvalue weighted by atomic mass is 10.1. The Balaban J connectivity index is 1.62. The number of amides is 2. The lowest BCUT2D eigenvalue weighted by Gasteiger charge is -2.05. The third kappa shape index (κ3) is 5.79. The number of hydrogen-bond acceptors (Lipinski definition) is 6. The van der Waals surface area contributed by atoms with Gasteiger partial charge in [-0.25, -0.2) is 10.9 Å². The van der Waals surface area contributed by atoms with Crippen LogP contribution >= 0.6 is 0 Å². The van der Waals surface area contributed by atoms with Gasteiger partial charge in [0.2, 0.25) is 0 Å². The van der Waals surface area contributed by atoms with Crippen LogP contribution < -0.4 is 20.3 Å². The smallest absolute Gasteiger partial charge is 0.271 e. The van der Waals surface area contributed by atoms with Gasteiger partial charge in [-0.3, -0.25) is 9.59 Å². The molecule has 0 aromatic heterocycles. The Morgan fingerprint density at radius 1 is 0.688 bits per heavy atom. The normalized spacial score (nSPS) is 10.8. The Kier molecular flexibility index (Phi) is 7.69. The van der Waals surface area contributed by atoms with Gasteiger partial charge in [-0.15, -0.1) is 0 Å². The van der Waals surface area contributed by atoms with E-state index in [-0.39, 0.29) is 11.1 Å². The Labute approximate surface area is 185 Å². The second-order valence-corrected chi connectivity index (χ2v) is 6.46. The van der Waals surface area contributed by atoms with Gasteiger partial charge in [0.15, 0.2) is 0 Å². The van der Waals surface area contributed by atoms with E-state index >= 15 is 0 Å². The molecular weight excluding hydrogens is 408 g/mol. The molecule has 0 radical (unpaired) electrons. The number of nitrogens with zero attached hydrogens (tertiary/aromatic N) is 2. The van der Waals surface area contributed by atoms with E-state index in [1.54, 1.807) is 44.6 Å². The number of para-hydroxylation sites is 2. The molecule has 0 spiro atoms. The minimum absolute atomic E-state index is 0.281. The molecule has 32 heavy (non-hydrogen) atoms. The number of ether oxygens (including phenoxy) is 2. The molecule has 0 aliphatic carbocycles. The first-order valence-corrected chi connectivity index (χ1v) is 9.65. The summed E-state index contributed by atoms with van der Waals surface area (Å²) in [5.74, 6) is 0.363. The van der Waals surface area contributed by atoms with Crippen molar-refractivity contribution in [3.05, 3.63) is 95.1 Å². The molecule has 2 N–H and O–H groups in total. The van der Waals surface area contributed by atoms with E-state index in [0.29, 0.717) is 11.5 Å². The van der Waals surface area contributed by atoms with E-state index < -0.39 is 11.8 Å². The summed E-state index contributed by atoms with van der Waals surface area (Å²) in [6.07, 6.45) is 2.97. The van der Waals surface area contributed by atoms with Crippen LogP contribution in [0.5, 0.6) is 11.5 Å². The summed E-state index contributed by atoms with van der Waals surface area (Å²) in [6, 6.07) is 20.8. The van der Waals surface area contributed by atoms with Crippen molar-refractivity contribution >= 4 is 24.2 Å². The van der Waals surface area contributed by atoms with Crippen molar-refractivity contribution in [3.8, 4) is 11.5 Å². The summed E-state index contributed by atoms with van der Waals surface area (Å²) in [5, 5.41) is 7.92. The zero-order valence-corrected chi connectivity index (χ0v) is 17.6. The van der Waals surface area contributed by atoms with Gasteiger partial charge in [-0.1, -0.05) is 30.3 Å². The molecular formula is C24H22N4O4. The van der Waals surface area contributed by atoms with Crippen LogP contribution in [-0.2, 0) is 0 Å². The summed E-state index contributed by atoms with van der Waals surface area (Å²) < 4.78 is 10.5. The topological polar surface area (TPSA) is 101 Å². The fourth-order valence-corrected chi connectivity index (χ4v) is 2.80. The third-order valence-electron chi connectivity index (χ3n) is 4.40. The van der Waals surface area contributed by atoms with Crippen LogP contribution in [0.25, 0.3) is 0 Å². The molecule has 0 heterocycles. The highest BCUT2D eigenvalue weighted by Gasteiger charge is 2.10. The molecule has 0 saturated carbocycles. The first-order chi connectivity index (χ1) is 15.6. The van der Waals surface area contributed by atoms with Crippen molar-refractivity contribution in [1.82, 2.24) is 10.9 Å². The summed E-state index contributed by atoms with van der Waals surface area (Å²) in [7, 11) is 3.12. The maximum atomic E-state index is 12.4. The largest absolute Gasteiger partial charge is 0.496 e. The molecule has 0 fully saturated rings. The standard InChI is InChI=1S/C24H22N4O4/c1-31-21-12-5-3-8-19(21)15-25-27-23(29)17-10-7-11-18(14-17)24(30)28-26-16-20-9-4-6-13-22(20)32-2/h3-16H,1-2H3,(H,27,29)(H,28,30). The number of methoxy groups -OCH3 is 2. The molecule has 2 amide bonds. The Morgan fingerprint density at radius 2 is 1.12 bits per heavy atom. The summed E-state index contributed by atoms with van der Waals surface area (Å²) in [4.78, 5) is 24.8. The van der Waals surface area contributed by atoms with E-state index in [1.807, 2.05) is 36.4 Å². The number of hydrazone groups is 2. The van der Waals surface area contributed by atoms with Gasteiger partial charge in [-0.2, -0.15) is 10.2 Å². The van der Waals surface area contributed by atoms with Crippen LogP contribution in [0.1, 0.15) is 31.8 Å². The maximum Gasteiger partial charge on any atom is 0.271 e. The fraction of sp³-hybridized carbons (Fsp3) is 0.0833. The highest BCUT2D eigenvalue weighted by Crippen LogP contribution is 2.15. The summed E-state index contributed by atoms with van der Waals surface area (Å²) in [6.45, 7) is 0. The second kappa shape index (κ2) is 11.1. The molecule has 3 rings (SSSR count). The molecule has 0 saturated heterocycles. The molecule has 8 nitrogen and oxygen atoms in total. The Hall–Kier alpha value is -4.46. The number of hydrogen-bond donors (Lipinski definition) is 2. The molecule has 3 aromatic carbocycles. The van der Waals surface area contributed by atoms with Gasteiger partial charge in [-0.05, 0) is 42.5 Å². The number of rotatable bonds is 8. The SMILES string of the molecule is COc1ccccc1C=NNC(=O)c1cccc(C(=O)NN=Cc2ccccc2OC)c1. The van der Waals surface area contributed by atoms with Crippen molar-refractivity contribution in [2.75, 3.05) is 14.2 Å². The van der Waals surface area contributed by atoms with Crippen molar-refractivity contribution < 1.29 is 19.1 Å². The van der Waals surface area contributed by atoms with Crippen LogP contribution in [-0.4, -0.2) is 38.5 Å². The zero-order valence-electron chi connectivity index (χ0n) is 17.6. The number of carbonyl (C=O) groups is 2. The van der Waals surface area contributed by atoms with E-state index in [2.05, 4.69) is 21.1 Å². The lowest BCUT2D eigenvalue weighted by Crippen LogP contribution is -2.21. The molecule has 8 heteroatoms. The summed E-state index contributed by atoms with van der Waals surface area (Å²) >= 11 is 0. The predicted octanol–water partition coefficient (Wildman–Crippen LogP) is 3.23. The second-order valence-electron chi connectivity index (χ2n) is 6.46. The van der Waals surface area contributed by atoms with Gasteiger partial charge >= 0.3 is 0 Å². The molecule has 0 unspecified atom stereocenters. The van der Waals surface area contributed by atoms with Crippen molar-refractivity contribution in [3.63, 3.8) is 0 Å². The predicted molar refractivity (Wildman–Crippen MR) is 123 cm³/mol. The number of carbonyl (C=O) groups excluding carboxylic acids is 2. The van der Waals surface area contributed by atoms with Crippen LogP contribution in [0, 0.1) is 0 Å². The average molecular weight is 430 g/mol. The molecule has 3 aromatic rings. The zero-order chi connectivity index (χ0) is 22.8. The van der Waals surface area contributed by atoms with Gasteiger partial charge in [0.05, 0.1) is 26.6 Å². The lowest BCUT2D eigenvalue weighted by molar-refractivity contribution is 0.0954. The molecule has 0 aliphatic heterocycles. The highest BCUT2D eigenvalue weighted by molar-refractivity contribution is 6.00. The van der Waals surface area contributed by atoms with Gasteiger partial charge in [0.1, 0.15) is 11.5 Å². The van der Waals surface area contributed by atoms with Crippen molar-refractivity contribution in [2.45, 2.75) is 0 Å². The van der Waals surface area contributed by atoms with E-state index in [1.165, 1.54) is 18.5 Å². The molecule has 0 aliphatic rings. The van der Waals surface area contributed by atoms with Crippen LogP contribution in [0.3, 0.4) is 0 Å². The average Bonchev–Trinajstić information content (AvgIpc) is 2.84. The summed E-state index contributed by atoms with van der Waals surface area (Å²) in [5.41, 5.74) is 6.88. The quantitative estimate of drug-likeness (QED) is 0.423. The Morgan fingerprint density at radius 3 is 1.56 bits per heavy atom.